The molecule has 0 aliphatic rings. The van der Waals surface area contributed by atoms with Crippen LogP contribution in [-0.4, -0.2) is 25.1 Å². The van der Waals surface area contributed by atoms with Gasteiger partial charge in [-0.1, -0.05) is 12.1 Å². The Kier molecular flexibility index (Phi) is 6.74. The van der Waals surface area contributed by atoms with E-state index in [2.05, 4.69) is 5.32 Å². The van der Waals surface area contributed by atoms with E-state index in [1.165, 1.54) is 6.08 Å². The molecule has 140 valence electrons. The Morgan fingerprint density at radius 1 is 1.26 bits per heavy atom. The third-order valence-corrected chi connectivity index (χ3v) is 4.75. The Labute approximate surface area is 162 Å². The van der Waals surface area contributed by atoms with Crippen molar-refractivity contribution >= 4 is 34.3 Å². The standard InChI is InChI=1S/C20H20N2O4S/c1-12(2)26-20(24)18-13(3)16(11-21)19(27-18)22-17(23)10-7-14-5-8-15(25-4)9-6-14/h5-10,12H,1-4H3,(H,22,23). The molecule has 1 N–H and O–H groups in total. The van der Waals surface area contributed by atoms with Crippen molar-refractivity contribution in [3.8, 4) is 11.8 Å². The Hall–Kier alpha value is -3.11. The minimum Gasteiger partial charge on any atom is -0.497 e. The molecule has 0 saturated carbocycles. The number of benzene rings is 1. The predicted octanol–water partition coefficient (Wildman–Crippen LogP) is 4.15. The minimum atomic E-state index is -0.502. The molecule has 0 saturated heterocycles. The number of amides is 1. The Morgan fingerprint density at radius 3 is 2.48 bits per heavy atom. The Morgan fingerprint density at radius 2 is 1.93 bits per heavy atom. The number of hydrogen-bond acceptors (Lipinski definition) is 6. The zero-order valence-electron chi connectivity index (χ0n) is 15.5. The first-order valence-corrected chi connectivity index (χ1v) is 9.05. The van der Waals surface area contributed by atoms with E-state index in [1.807, 2.05) is 18.2 Å². The van der Waals surface area contributed by atoms with Gasteiger partial charge in [-0.2, -0.15) is 5.26 Å². The maximum absolute atomic E-state index is 12.2. The molecule has 0 bridgehead atoms. The fourth-order valence-electron chi connectivity index (χ4n) is 2.24. The summed E-state index contributed by atoms with van der Waals surface area (Å²) in [6.45, 7) is 5.16. The molecule has 27 heavy (non-hydrogen) atoms. The molecule has 0 fully saturated rings. The molecule has 0 unspecified atom stereocenters. The molecule has 0 spiro atoms. The van der Waals surface area contributed by atoms with Gasteiger partial charge < -0.3 is 14.8 Å². The number of esters is 1. The van der Waals surface area contributed by atoms with E-state index in [4.69, 9.17) is 9.47 Å². The van der Waals surface area contributed by atoms with E-state index in [0.717, 1.165) is 22.6 Å². The highest BCUT2D eigenvalue weighted by atomic mass is 32.1. The average Bonchev–Trinajstić information content (AvgIpc) is 2.95. The predicted molar refractivity (Wildman–Crippen MR) is 105 cm³/mol. The molecule has 2 rings (SSSR count). The number of hydrogen-bond donors (Lipinski definition) is 1. The fourth-order valence-corrected chi connectivity index (χ4v) is 3.28. The van der Waals surface area contributed by atoms with Gasteiger partial charge in [-0.25, -0.2) is 4.79 Å². The van der Waals surface area contributed by atoms with E-state index in [1.54, 1.807) is 46.1 Å². The minimum absolute atomic E-state index is 0.266. The number of rotatable bonds is 6. The highest BCUT2D eigenvalue weighted by Crippen LogP contribution is 2.33. The molecule has 1 aromatic heterocycles. The van der Waals surface area contributed by atoms with Crippen molar-refractivity contribution in [2.75, 3.05) is 12.4 Å². The summed E-state index contributed by atoms with van der Waals surface area (Å²) in [7, 11) is 1.58. The van der Waals surface area contributed by atoms with Crippen LogP contribution < -0.4 is 10.1 Å². The summed E-state index contributed by atoms with van der Waals surface area (Å²) in [5.74, 6) is -0.171. The molecule has 1 heterocycles. The van der Waals surface area contributed by atoms with Gasteiger partial charge in [0, 0.05) is 6.08 Å². The molecule has 7 heteroatoms. The average molecular weight is 384 g/mol. The van der Waals surface area contributed by atoms with Crippen LogP contribution >= 0.6 is 11.3 Å². The number of nitrogens with zero attached hydrogens (tertiary/aromatic N) is 1. The van der Waals surface area contributed by atoms with Crippen LogP contribution in [0.15, 0.2) is 30.3 Å². The molecule has 2 aromatic rings. The van der Waals surface area contributed by atoms with Gasteiger partial charge in [-0.15, -0.1) is 11.3 Å². The summed E-state index contributed by atoms with van der Waals surface area (Å²) in [6.07, 6.45) is 2.74. The largest absolute Gasteiger partial charge is 0.497 e. The van der Waals surface area contributed by atoms with Crippen molar-refractivity contribution in [1.82, 2.24) is 0 Å². The molecule has 0 radical (unpaired) electrons. The monoisotopic (exact) mass is 384 g/mol. The number of thiophene rings is 1. The SMILES string of the molecule is COc1ccc(C=CC(=O)Nc2sc(C(=O)OC(C)C)c(C)c2C#N)cc1. The van der Waals surface area contributed by atoms with Crippen molar-refractivity contribution in [2.24, 2.45) is 0 Å². The lowest BCUT2D eigenvalue weighted by atomic mass is 10.1. The van der Waals surface area contributed by atoms with E-state index in [9.17, 15) is 14.9 Å². The maximum Gasteiger partial charge on any atom is 0.348 e. The summed E-state index contributed by atoms with van der Waals surface area (Å²) >= 11 is 1.04. The molecule has 1 aromatic carbocycles. The van der Waals surface area contributed by atoms with Crippen LogP contribution in [0.25, 0.3) is 6.08 Å². The van der Waals surface area contributed by atoms with Crippen LogP contribution in [0.5, 0.6) is 5.75 Å². The van der Waals surface area contributed by atoms with Crippen molar-refractivity contribution in [3.05, 3.63) is 51.9 Å². The third kappa shape index (κ3) is 5.19. The normalized spacial score (nSPS) is 10.7. The number of anilines is 1. The second-order valence-electron chi connectivity index (χ2n) is 5.92. The van der Waals surface area contributed by atoms with Crippen molar-refractivity contribution < 1.29 is 19.1 Å². The molecular weight excluding hydrogens is 364 g/mol. The van der Waals surface area contributed by atoms with E-state index in [0.29, 0.717) is 15.4 Å². The lowest BCUT2D eigenvalue weighted by molar-refractivity contribution is -0.111. The lowest BCUT2D eigenvalue weighted by Gasteiger charge is -2.06. The van der Waals surface area contributed by atoms with E-state index < -0.39 is 11.9 Å². The molecule has 0 aliphatic heterocycles. The van der Waals surface area contributed by atoms with E-state index >= 15 is 0 Å². The molecule has 6 nitrogen and oxygen atoms in total. The molecular formula is C20H20N2O4S. The van der Waals surface area contributed by atoms with Gasteiger partial charge in [0.2, 0.25) is 5.91 Å². The summed E-state index contributed by atoms with van der Waals surface area (Å²) in [5, 5.41) is 12.4. The second-order valence-corrected chi connectivity index (χ2v) is 6.94. The first-order chi connectivity index (χ1) is 12.8. The van der Waals surface area contributed by atoms with Gasteiger partial charge >= 0.3 is 5.97 Å². The number of nitrogens with one attached hydrogen (secondary N) is 1. The van der Waals surface area contributed by atoms with Crippen LogP contribution in [0.4, 0.5) is 5.00 Å². The number of carbonyl (C=O) groups is 2. The van der Waals surface area contributed by atoms with Gasteiger partial charge in [0.15, 0.2) is 0 Å². The number of carbonyl (C=O) groups excluding carboxylic acids is 2. The highest BCUT2D eigenvalue weighted by Gasteiger charge is 2.22. The van der Waals surface area contributed by atoms with Crippen molar-refractivity contribution in [3.63, 3.8) is 0 Å². The summed E-state index contributed by atoms with van der Waals surface area (Å²) in [5.41, 5.74) is 1.60. The van der Waals surface area contributed by atoms with Gasteiger partial charge in [0.05, 0.1) is 18.8 Å². The maximum atomic E-state index is 12.2. The molecule has 1 amide bonds. The van der Waals surface area contributed by atoms with Crippen LogP contribution in [0.3, 0.4) is 0 Å². The Bertz CT molecular complexity index is 905. The summed E-state index contributed by atoms with van der Waals surface area (Å²) in [4.78, 5) is 24.7. The third-order valence-electron chi connectivity index (χ3n) is 3.57. The zero-order valence-corrected chi connectivity index (χ0v) is 16.3. The summed E-state index contributed by atoms with van der Waals surface area (Å²) < 4.78 is 10.3. The van der Waals surface area contributed by atoms with Gasteiger partial charge in [0.1, 0.15) is 21.7 Å². The zero-order chi connectivity index (χ0) is 20.0. The number of ether oxygens (including phenoxy) is 2. The second kappa shape index (κ2) is 9.01. The van der Waals surface area contributed by atoms with E-state index in [-0.39, 0.29) is 11.7 Å². The highest BCUT2D eigenvalue weighted by molar-refractivity contribution is 7.18. The topological polar surface area (TPSA) is 88.4 Å². The fraction of sp³-hybridized carbons (Fsp3) is 0.250. The van der Waals surface area contributed by atoms with Gasteiger partial charge in [-0.05, 0) is 50.1 Å². The van der Waals surface area contributed by atoms with Crippen molar-refractivity contribution in [1.29, 1.82) is 5.26 Å². The first kappa shape index (κ1) is 20.2. The number of methoxy groups -OCH3 is 1. The summed E-state index contributed by atoms with van der Waals surface area (Å²) in [6, 6.07) is 9.25. The quantitative estimate of drug-likeness (QED) is 0.597. The molecule has 0 aliphatic carbocycles. The first-order valence-electron chi connectivity index (χ1n) is 8.23. The van der Waals surface area contributed by atoms with Crippen LogP contribution in [0, 0.1) is 18.3 Å². The lowest BCUT2D eigenvalue weighted by Crippen LogP contribution is -2.11. The molecule has 0 atom stereocenters. The van der Waals surface area contributed by atoms with Crippen LogP contribution in [-0.2, 0) is 9.53 Å². The van der Waals surface area contributed by atoms with Crippen LogP contribution in [0.2, 0.25) is 0 Å². The van der Waals surface area contributed by atoms with Crippen LogP contribution in [0.1, 0.15) is 40.2 Å². The smallest absolute Gasteiger partial charge is 0.348 e. The van der Waals surface area contributed by atoms with Gasteiger partial charge in [0.25, 0.3) is 0 Å². The number of nitriles is 1. The Balaban J connectivity index is 2.15. The van der Waals surface area contributed by atoms with Crippen molar-refractivity contribution in [2.45, 2.75) is 26.9 Å². The van der Waals surface area contributed by atoms with Gasteiger partial charge in [-0.3, -0.25) is 4.79 Å².